The summed E-state index contributed by atoms with van der Waals surface area (Å²) in [4.78, 5) is 0. The molecule has 0 aromatic rings. The van der Waals surface area contributed by atoms with Gasteiger partial charge in [0.15, 0.2) is 6.29 Å². The van der Waals surface area contributed by atoms with Crippen molar-refractivity contribution in [3.63, 3.8) is 0 Å². The van der Waals surface area contributed by atoms with Crippen LogP contribution in [-0.4, -0.2) is 30.2 Å². The van der Waals surface area contributed by atoms with E-state index in [1.165, 1.54) is 7.11 Å². The number of hydrogen-bond donors (Lipinski definition) is 2. The van der Waals surface area contributed by atoms with Crippen molar-refractivity contribution in [1.82, 2.24) is 0 Å². The van der Waals surface area contributed by atoms with Gasteiger partial charge >= 0.3 is 0 Å². The van der Waals surface area contributed by atoms with Gasteiger partial charge in [-0.25, -0.2) is 0 Å². The van der Waals surface area contributed by atoms with E-state index < -0.39 is 6.29 Å². The number of aliphatic hydroxyl groups excluding tert-OH is 2. The van der Waals surface area contributed by atoms with Crippen molar-refractivity contribution in [2.24, 2.45) is 5.92 Å². The van der Waals surface area contributed by atoms with Crippen LogP contribution < -0.4 is 0 Å². The van der Waals surface area contributed by atoms with Gasteiger partial charge in [0, 0.05) is 13.7 Å². The van der Waals surface area contributed by atoms with Crippen LogP contribution in [-0.2, 0) is 4.74 Å². The van der Waals surface area contributed by atoms with Crippen molar-refractivity contribution in [3.05, 3.63) is 0 Å². The normalized spacial score (nSPS) is 12.3. The fourth-order valence-electron chi connectivity index (χ4n) is 0.167. The minimum absolute atomic E-state index is 0.306. The number of aliphatic hydroxyl groups is 2. The smallest absolute Gasteiger partial charge is 0.153 e. The molecule has 0 aliphatic heterocycles. The average molecular weight is 164 g/mol. The highest BCUT2D eigenvalue weighted by Crippen LogP contribution is 1.85. The molecular weight excluding hydrogens is 144 g/mol. The molecule has 2 N–H and O–H groups in total. The predicted molar refractivity (Wildman–Crippen MR) is 45.2 cm³/mol. The minimum atomic E-state index is -0.565. The van der Waals surface area contributed by atoms with E-state index in [0.29, 0.717) is 18.9 Å². The first kappa shape index (κ1) is 13.5. The summed E-state index contributed by atoms with van der Waals surface area (Å²) in [5.41, 5.74) is 0. The Bertz CT molecular complexity index is 60.4. The van der Waals surface area contributed by atoms with Gasteiger partial charge in [0.05, 0.1) is 0 Å². The fourth-order valence-corrected chi connectivity index (χ4v) is 0.167. The summed E-state index contributed by atoms with van der Waals surface area (Å²) in [5, 5.41) is 16.6. The molecule has 0 saturated carbocycles. The molecule has 0 bridgehead atoms. The Balaban J connectivity index is 0. The van der Waals surface area contributed by atoms with Crippen molar-refractivity contribution >= 4 is 0 Å². The Labute approximate surface area is 69.0 Å². The van der Waals surface area contributed by atoms with E-state index in [4.69, 9.17) is 10.2 Å². The van der Waals surface area contributed by atoms with E-state index in [-0.39, 0.29) is 0 Å². The van der Waals surface area contributed by atoms with Crippen molar-refractivity contribution in [3.8, 4) is 0 Å². The summed E-state index contributed by atoms with van der Waals surface area (Å²) < 4.78 is 4.45. The number of methoxy groups -OCH3 is 1. The Morgan fingerprint density at radius 2 is 1.73 bits per heavy atom. The second kappa shape index (κ2) is 9.88. The van der Waals surface area contributed by atoms with Gasteiger partial charge in [-0.3, -0.25) is 0 Å². The molecule has 1 atom stereocenters. The first-order valence-electron chi connectivity index (χ1n) is 3.90. The monoisotopic (exact) mass is 164 g/mol. The molecule has 0 aliphatic carbocycles. The van der Waals surface area contributed by atoms with Gasteiger partial charge in [0.25, 0.3) is 0 Å². The number of ether oxygens (including phenoxy) is 1. The molecule has 3 heteroatoms. The molecule has 0 aromatic carbocycles. The molecule has 0 rings (SSSR count). The van der Waals surface area contributed by atoms with Gasteiger partial charge in [0.1, 0.15) is 0 Å². The van der Waals surface area contributed by atoms with Crippen molar-refractivity contribution < 1.29 is 14.9 Å². The third kappa shape index (κ3) is 17.7. The van der Waals surface area contributed by atoms with Crippen molar-refractivity contribution in [2.75, 3.05) is 13.7 Å². The van der Waals surface area contributed by atoms with Gasteiger partial charge in [-0.2, -0.15) is 0 Å². The third-order valence-electron chi connectivity index (χ3n) is 0.986. The highest BCUT2D eigenvalue weighted by Gasteiger charge is 1.90. The molecule has 0 fully saturated rings. The summed E-state index contributed by atoms with van der Waals surface area (Å²) in [7, 11) is 1.48. The third-order valence-corrected chi connectivity index (χ3v) is 0.986. The van der Waals surface area contributed by atoms with Crippen LogP contribution in [0.1, 0.15) is 27.2 Å². The number of hydrogen-bond acceptors (Lipinski definition) is 3. The lowest BCUT2D eigenvalue weighted by Gasteiger charge is -2.00. The molecule has 70 valence electrons. The molecule has 0 spiro atoms. The van der Waals surface area contributed by atoms with Crippen molar-refractivity contribution in [1.29, 1.82) is 0 Å². The Hall–Kier alpha value is -0.120. The second-order valence-electron chi connectivity index (χ2n) is 2.68. The molecule has 3 nitrogen and oxygen atoms in total. The first-order chi connectivity index (χ1) is 5.08. The van der Waals surface area contributed by atoms with Gasteiger partial charge in [0.2, 0.25) is 0 Å². The van der Waals surface area contributed by atoms with E-state index in [0.717, 1.165) is 0 Å². The molecule has 0 radical (unpaired) electrons. The Kier molecular flexibility index (Phi) is 12.1. The molecule has 11 heavy (non-hydrogen) atoms. The molecule has 0 heterocycles. The van der Waals surface area contributed by atoms with Gasteiger partial charge < -0.3 is 14.9 Å². The topological polar surface area (TPSA) is 49.7 Å². The minimum Gasteiger partial charge on any atom is -0.396 e. The Morgan fingerprint density at radius 1 is 1.36 bits per heavy atom. The second-order valence-corrected chi connectivity index (χ2v) is 2.68. The summed E-state index contributed by atoms with van der Waals surface area (Å²) in [5.74, 6) is 0.440. The molecular formula is C8H20O3. The summed E-state index contributed by atoms with van der Waals surface area (Å²) in [6.07, 6.45) is 0.0984. The first-order valence-corrected chi connectivity index (χ1v) is 3.90. The van der Waals surface area contributed by atoms with Crippen LogP contribution in [0.3, 0.4) is 0 Å². The maximum absolute atomic E-state index is 8.44. The van der Waals surface area contributed by atoms with Crippen LogP contribution in [0.15, 0.2) is 0 Å². The maximum atomic E-state index is 8.44. The summed E-state index contributed by atoms with van der Waals surface area (Å²) in [6, 6.07) is 0. The zero-order valence-corrected chi connectivity index (χ0v) is 7.87. The lowest BCUT2D eigenvalue weighted by atomic mass is 10.2. The van der Waals surface area contributed by atoms with Gasteiger partial charge in [-0.1, -0.05) is 20.8 Å². The van der Waals surface area contributed by atoms with E-state index >= 15 is 0 Å². The van der Waals surface area contributed by atoms with Gasteiger partial charge in [-0.05, 0) is 12.3 Å². The molecule has 0 amide bonds. The zero-order valence-electron chi connectivity index (χ0n) is 7.87. The van der Waals surface area contributed by atoms with Crippen LogP contribution in [0, 0.1) is 5.92 Å². The summed E-state index contributed by atoms with van der Waals surface area (Å²) >= 11 is 0. The standard InChI is InChI=1S/C4H10O2.C4H10O/c1-3-4(5)6-2;1-4(2)3-5/h4-5H,3H2,1-2H3;4-5H,3H2,1-2H3. The quantitative estimate of drug-likeness (QED) is 0.612. The van der Waals surface area contributed by atoms with Crippen LogP contribution in [0.2, 0.25) is 0 Å². The van der Waals surface area contributed by atoms with E-state index in [1.54, 1.807) is 0 Å². The maximum Gasteiger partial charge on any atom is 0.153 e. The van der Waals surface area contributed by atoms with Crippen LogP contribution >= 0.6 is 0 Å². The largest absolute Gasteiger partial charge is 0.396 e. The molecule has 0 saturated heterocycles. The number of rotatable bonds is 3. The Morgan fingerprint density at radius 3 is 1.73 bits per heavy atom. The zero-order chi connectivity index (χ0) is 9.28. The SMILES string of the molecule is CC(C)CO.CCC(O)OC. The van der Waals surface area contributed by atoms with E-state index in [2.05, 4.69) is 4.74 Å². The van der Waals surface area contributed by atoms with Crippen LogP contribution in [0.25, 0.3) is 0 Å². The lowest BCUT2D eigenvalue weighted by Crippen LogP contribution is -2.05. The summed E-state index contributed by atoms with van der Waals surface area (Å²) in [6.45, 7) is 6.11. The van der Waals surface area contributed by atoms with Crippen molar-refractivity contribution in [2.45, 2.75) is 33.5 Å². The van der Waals surface area contributed by atoms with E-state index in [9.17, 15) is 0 Å². The predicted octanol–water partition coefficient (Wildman–Crippen LogP) is 0.996. The highest BCUT2D eigenvalue weighted by atomic mass is 16.6. The van der Waals surface area contributed by atoms with E-state index in [1.807, 2.05) is 20.8 Å². The molecule has 1 unspecified atom stereocenters. The molecule has 0 aliphatic rings. The molecule has 0 aromatic heterocycles. The van der Waals surface area contributed by atoms with Gasteiger partial charge in [-0.15, -0.1) is 0 Å². The fraction of sp³-hybridized carbons (Fsp3) is 1.00. The lowest BCUT2D eigenvalue weighted by molar-refractivity contribution is -0.0748. The van der Waals surface area contributed by atoms with Crippen LogP contribution in [0.4, 0.5) is 0 Å². The average Bonchev–Trinajstić information content (AvgIpc) is 2.04. The van der Waals surface area contributed by atoms with Crippen LogP contribution in [0.5, 0.6) is 0 Å². The highest BCUT2D eigenvalue weighted by molar-refractivity contribution is 4.32.